The van der Waals surface area contributed by atoms with Gasteiger partial charge in [0.25, 0.3) is 5.91 Å². The van der Waals surface area contributed by atoms with Crippen molar-refractivity contribution in [3.8, 4) is 11.5 Å². The van der Waals surface area contributed by atoms with E-state index in [1.54, 1.807) is 18.2 Å². The van der Waals surface area contributed by atoms with Gasteiger partial charge in [0.15, 0.2) is 17.6 Å². The Morgan fingerprint density at radius 1 is 1.19 bits per heavy atom. The van der Waals surface area contributed by atoms with Crippen LogP contribution in [-0.4, -0.2) is 36.2 Å². The minimum Gasteiger partial charge on any atom is -0.486 e. The van der Waals surface area contributed by atoms with Crippen LogP contribution in [0.5, 0.6) is 11.5 Å². The summed E-state index contributed by atoms with van der Waals surface area (Å²) in [6.07, 6.45) is 0.187. The minimum atomic E-state index is -1.04. The molecule has 1 amide bonds. The van der Waals surface area contributed by atoms with Crippen LogP contribution < -0.4 is 14.8 Å². The molecule has 1 aliphatic heterocycles. The number of anilines is 1. The van der Waals surface area contributed by atoms with Gasteiger partial charge in [-0.05, 0) is 25.1 Å². The number of aromatic nitrogens is 1. The van der Waals surface area contributed by atoms with Gasteiger partial charge in [0, 0.05) is 18.0 Å². The van der Waals surface area contributed by atoms with E-state index in [1.165, 1.54) is 19.2 Å². The molecule has 136 valence electrons. The van der Waals surface area contributed by atoms with Crippen molar-refractivity contribution in [1.29, 1.82) is 0 Å². The third kappa shape index (κ3) is 4.17. The molecule has 1 aromatic heterocycles. The summed E-state index contributed by atoms with van der Waals surface area (Å²) in [6, 6.07) is 6.33. The van der Waals surface area contributed by atoms with Gasteiger partial charge in [-0.25, -0.2) is 9.78 Å². The first-order chi connectivity index (χ1) is 12.4. The summed E-state index contributed by atoms with van der Waals surface area (Å²) in [4.78, 5) is 28.1. The van der Waals surface area contributed by atoms with Crippen molar-refractivity contribution in [1.82, 2.24) is 4.98 Å². The third-order valence-corrected chi connectivity index (χ3v) is 4.18. The van der Waals surface area contributed by atoms with Gasteiger partial charge in [-0.2, -0.15) is 0 Å². The van der Waals surface area contributed by atoms with Crippen molar-refractivity contribution >= 4 is 40.8 Å². The minimum absolute atomic E-state index is 0.0765. The summed E-state index contributed by atoms with van der Waals surface area (Å²) in [6.45, 7) is 2.38. The molecule has 3 rings (SSSR count). The molecule has 0 spiro atoms. The van der Waals surface area contributed by atoms with Gasteiger partial charge >= 0.3 is 5.97 Å². The highest BCUT2D eigenvalue weighted by atomic mass is 35.5. The van der Waals surface area contributed by atoms with Crippen LogP contribution in [0.2, 0.25) is 10.2 Å². The lowest BCUT2D eigenvalue weighted by atomic mass is 10.2. The van der Waals surface area contributed by atoms with Gasteiger partial charge in [0.2, 0.25) is 0 Å². The Balaban J connectivity index is 1.62. The molecular weight excluding hydrogens is 383 g/mol. The highest BCUT2D eigenvalue weighted by molar-refractivity contribution is 6.41. The lowest BCUT2D eigenvalue weighted by Gasteiger charge is -2.19. The number of ether oxygens (including phenoxy) is 3. The molecule has 1 atom stereocenters. The number of nitrogens with one attached hydrogen (secondary N) is 1. The van der Waals surface area contributed by atoms with Gasteiger partial charge in [-0.15, -0.1) is 0 Å². The lowest BCUT2D eigenvalue weighted by Crippen LogP contribution is -2.30. The van der Waals surface area contributed by atoms with Gasteiger partial charge in [-0.1, -0.05) is 23.2 Å². The zero-order valence-electron chi connectivity index (χ0n) is 13.6. The van der Waals surface area contributed by atoms with E-state index in [0.29, 0.717) is 30.4 Å². The summed E-state index contributed by atoms with van der Waals surface area (Å²) < 4.78 is 16.0. The molecule has 2 heterocycles. The molecule has 0 saturated carbocycles. The van der Waals surface area contributed by atoms with E-state index in [-0.39, 0.29) is 15.7 Å². The monoisotopic (exact) mass is 396 g/mol. The highest BCUT2D eigenvalue weighted by Crippen LogP contribution is 2.32. The number of pyridine rings is 1. The Hall–Kier alpha value is -2.51. The quantitative estimate of drug-likeness (QED) is 0.629. The van der Waals surface area contributed by atoms with Crippen molar-refractivity contribution in [3.63, 3.8) is 0 Å². The van der Waals surface area contributed by atoms with E-state index < -0.39 is 18.0 Å². The number of hydrogen-bond acceptors (Lipinski definition) is 6. The van der Waals surface area contributed by atoms with Gasteiger partial charge < -0.3 is 19.5 Å². The standard InChI is InChI=1S/C17H14Cl2N2O5/c1-9(26-17(23)10-6-12(18)15(19)20-8-10)16(22)21-11-2-3-13-14(7-11)25-5-4-24-13/h2-3,6-9H,4-5H2,1H3,(H,21,22)/t9-/m0/s1. The van der Waals surface area contributed by atoms with Crippen LogP contribution in [0.3, 0.4) is 0 Å². The van der Waals surface area contributed by atoms with Gasteiger partial charge in [-0.3, -0.25) is 4.79 Å². The largest absolute Gasteiger partial charge is 0.486 e. The molecular formula is C17H14Cl2N2O5. The molecule has 7 nitrogen and oxygen atoms in total. The molecule has 9 heteroatoms. The first-order valence-electron chi connectivity index (χ1n) is 7.66. The molecule has 1 aromatic carbocycles. The topological polar surface area (TPSA) is 86.8 Å². The molecule has 1 aliphatic rings. The Morgan fingerprint density at radius 3 is 2.65 bits per heavy atom. The highest BCUT2D eigenvalue weighted by Gasteiger charge is 2.21. The van der Waals surface area contributed by atoms with Crippen molar-refractivity contribution < 1.29 is 23.8 Å². The van der Waals surface area contributed by atoms with Crippen LogP contribution >= 0.6 is 23.2 Å². The number of fused-ring (bicyclic) bond motifs is 1. The van der Waals surface area contributed by atoms with Crippen LogP contribution in [0.25, 0.3) is 0 Å². The Labute approximate surface area is 159 Å². The molecule has 26 heavy (non-hydrogen) atoms. The van der Waals surface area contributed by atoms with E-state index in [0.717, 1.165) is 0 Å². The van der Waals surface area contributed by atoms with E-state index in [4.69, 9.17) is 37.4 Å². The molecule has 2 aromatic rings. The first kappa shape index (κ1) is 18.3. The van der Waals surface area contributed by atoms with Crippen LogP contribution in [0.15, 0.2) is 30.5 Å². The van der Waals surface area contributed by atoms with Gasteiger partial charge in [0.1, 0.15) is 18.4 Å². The van der Waals surface area contributed by atoms with E-state index in [2.05, 4.69) is 10.3 Å². The smallest absolute Gasteiger partial charge is 0.340 e. The number of esters is 1. The van der Waals surface area contributed by atoms with Crippen LogP contribution in [-0.2, 0) is 9.53 Å². The Bertz CT molecular complexity index is 859. The summed E-state index contributed by atoms with van der Waals surface area (Å²) in [5, 5.41) is 2.85. The maximum Gasteiger partial charge on any atom is 0.340 e. The molecule has 1 N–H and O–H groups in total. The predicted octanol–water partition coefficient (Wildman–Crippen LogP) is 3.34. The number of carbonyl (C=O) groups excluding carboxylic acids is 2. The number of hydrogen-bond donors (Lipinski definition) is 1. The van der Waals surface area contributed by atoms with Crippen molar-refractivity contribution in [3.05, 3.63) is 46.2 Å². The van der Waals surface area contributed by atoms with E-state index in [9.17, 15) is 9.59 Å². The van der Waals surface area contributed by atoms with Crippen LogP contribution in [0.4, 0.5) is 5.69 Å². The number of rotatable bonds is 4. The second-order valence-corrected chi connectivity index (χ2v) is 6.16. The maximum atomic E-state index is 12.2. The summed E-state index contributed by atoms with van der Waals surface area (Å²) >= 11 is 11.5. The van der Waals surface area contributed by atoms with E-state index in [1.807, 2.05) is 0 Å². The number of benzene rings is 1. The zero-order chi connectivity index (χ0) is 18.7. The number of halogens is 2. The van der Waals surface area contributed by atoms with Gasteiger partial charge in [0.05, 0.1) is 10.6 Å². The molecule has 0 fully saturated rings. The maximum absolute atomic E-state index is 12.2. The van der Waals surface area contributed by atoms with Crippen LogP contribution in [0, 0.1) is 0 Å². The predicted molar refractivity (Wildman–Crippen MR) is 95.2 cm³/mol. The fourth-order valence-corrected chi connectivity index (χ4v) is 2.45. The Kier molecular flexibility index (Phi) is 5.49. The van der Waals surface area contributed by atoms with E-state index >= 15 is 0 Å². The molecule has 0 saturated heterocycles. The lowest BCUT2D eigenvalue weighted by molar-refractivity contribution is -0.123. The second kappa shape index (κ2) is 7.80. The normalized spacial score (nSPS) is 13.7. The average molecular weight is 397 g/mol. The fraction of sp³-hybridized carbons (Fsp3) is 0.235. The summed E-state index contributed by atoms with van der Waals surface area (Å²) in [5.41, 5.74) is 0.594. The zero-order valence-corrected chi connectivity index (χ0v) is 15.1. The van der Waals surface area contributed by atoms with Crippen molar-refractivity contribution in [2.75, 3.05) is 18.5 Å². The van der Waals surface area contributed by atoms with Crippen LogP contribution in [0.1, 0.15) is 17.3 Å². The van der Waals surface area contributed by atoms with Crippen molar-refractivity contribution in [2.45, 2.75) is 13.0 Å². The number of carbonyl (C=O) groups is 2. The third-order valence-electron chi connectivity index (χ3n) is 3.49. The SMILES string of the molecule is C[C@H](OC(=O)c1cnc(Cl)c(Cl)c1)C(=O)Nc1ccc2c(c1)OCCO2. The Morgan fingerprint density at radius 2 is 1.92 bits per heavy atom. The fourth-order valence-electron chi connectivity index (χ4n) is 2.18. The molecule has 0 unspecified atom stereocenters. The average Bonchev–Trinajstić information content (AvgIpc) is 2.63. The second-order valence-electron chi connectivity index (χ2n) is 5.39. The first-order valence-corrected chi connectivity index (χ1v) is 8.42. The number of amides is 1. The molecule has 0 radical (unpaired) electrons. The van der Waals surface area contributed by atoms with Crippen molar-refractivity contribution in [2.24, 2.45) is 0 Å². The summed E-state index contributed by atoms with van der Waals surface area (Å²) in [5.74, 6) is -0.0784. The summed E-state index contributed by atoms with van der Waals surface area (Å²) in [7, 11) is 0. The molecule has 0 aliphatic carbocycles. The molecule has 0 bridgehead atoms. The number of nitrogens with zero attached hydrogens (tertiary/aromatic N) is 1.